The van der Waals surface area contributed by atoms with Gasteiger partial charge in [0.25, 0.3) is 5.91 Å². The summed E-state index contributed by atoms with van der Waals surface area (Å²) >= 11 is 4.90. The Balaban J connectivity index is 1.60. The normalized spacial score (nSPS) is 15.2. The van der Waals surface area contributed by atoms with Crippen molar-refractivity contribution in [2.75, 3.05) is 40.4 Å². The zero-order chi connectivity index (χ0) is 17.8. The molecular formula is C18H21BrN2O3S. The molecule has 25 heavy (non-hydrogen) atoms. The Kier molecular flexibility index (Phi) is 5.98. The number of methoxy groups -OCH3 is 2. The van der Waals surface area contributed by atoms with Crippen LogP contribution in [0.15, 0.2) is 34.1 Å². The third-order valence-electron chi connectivity index (χ3n) is 4.33. The SMILES string of the molecule is COc1ccc(OC)c(CN2CCN(C(=O)c3ccc(Br)s3)CC2)c1. The van der Waals surface area contributed by atoms with Crippen molar-refractivity contribution in [3.8, 4) is 11.5 Å². The fourth-order valence-corrected chi connectivity index (χ4v) is 4.29. The summed E-state index contributed by atoms with van der Waals surface area (Å²) in [5.41, 5.74) is 1.10. The highest BCUT2D eigenvalue weighted by molar-refractivity contribution is 9.11. The lowest BCUT2D eigenvalue weighted by atomic mass is 10.1. The fourth-order valence-electron chi connectivity index (χ4n) is 2.94. The van der Waals surface area contributed by atoms with Crippen LogP contribution in [0, 0.1) is 0 Å². The lowest BCUT2D eigenvalue weighted by Crippen LogP contribution is -2.48. The minimum atomic E-state index is 0.120. The molecule has 1 aromatic heterocycles. The van der Waals surface area contributed by atoms with Gasteiger partial charge in [-0.25, -0.2) is 0 Å². The predicted molar refractivity (Wildman–Crippen MR) is 103 cm³/mol. The molecule has 0 unspecified atom stereocenters. The van der Waals surface area contributed by atoms with Crippen LogP contribution in [0.5, 0.6) is 11.5 Å². The van der Waals surface area contributed by atoms with Gasteiger partial charge in [0.1, 0.15) is 11.5 Å². The number of piperazine rings is 1. The number of carbonyl (C=O) groups excluding carboxylic acids is 1. The standard InChI is InChI=1S/C18H21BrN2O3S/c1-23-14-3-4-15(24-2)13(11-14)12-20-7-9-21(10-8-20)18(22)16-5-6-17(19)25-16/h3-6,11H,7-10,12H2,1-2H3. The van der Waals surface area contributed by atoms with E-state index in [-0.39, 0.29) is 5.91 Å². The molecule has 1 aliphatic heterocycles. The molecule has 0 spiro atoms. The summed E-state index contributed by atoms with van der Waals surface area (Å²) in [4.78, 5) is 17.6. The smallest absolute Gasteiger partial charge is 0.264 e. The number of hydrogen-bond acceptors (Lipinski definition) is 5. The number of rotatable bonds is 5. The van der Waals surface area contributed by atoms with Crippen LogP contribution in [-0.2, 0) is 6.54 Å². The Morgan fingerprint density at radius 1 is 1.12 bits per heavy atom. The third-order valence-corrected chi connectivity index (χ3v) is 5.94. The van der Waals surface area contributed by atoms with Crippen LogP contribution in [0.3, 0.4) is 0 Å². The molecule has 0 bridgehead atoms. The summed E-state index contributed by atoms with van der Waals surface area (Å²) in [6.45, 7) is 3.95. The lowest BCUT2D eigenvalue weighted by molar-refractivity contribution is 0.0632. The molecule has 1 saturated heterocycles. The third kappa shape index (κ3) is 4.34. The molecule has 0 N–H and O–H groups in total. The minimum Gasteiger partial charge on any atom is -0.497 e. The van der Waals surface area contributed by atoms with Crippen molar-refractivity contribution in [2.24, 2.45) is 0 Å². The van der Waals surface area contributed by atoms with Gasteiger partial charge in [0.05, 0.1) is 22.9 Å². The molecule has 2 heterocycles. The van der Waals surface area contributed by atoms with E-state index in [9.17, 15) is 4.79 Å². The van der Waals surface area contributed by atoms with E-state index in [2.05, 4.69) is 20.8 Å². The number of nitrogens with zero attached hydrogens (tertiary/aromatic N) is 2. The van der Waals surface area contributed by atoms with Crippen molar-refractivity contribution in [3.63, 3.8) is 0 Å². The van der Waals surface area contributed by atoms with E-state index < -0.39 is 0 Å². The maximum atomic E-state index is 12.5. The van der Waals surface area contributed by atoms with Crippen molar-refractivity contribution in [2.45, 2.75) is 6.54 Å². The van der Waals surface area contributed by atoms with E-state index in [0.717, 1.165) is 58.4 Å². The molecule has 0 radical (unpaired) electrons. The van der Waals surface area contributed by atoms with Crippen LogP contribution in [0.2, 0.25) is 0 Å². The average molecular weight is 425 g/mol. The highest BCUT2D eigenvalue weighted by atomic mass is 79.9. The van der Waals surface area contributed by atoms with Crippen molar-refractivity contribution < 1.29 is 14.3 Å². The summed E-state index contributed by atoms with van der Waals surface area (Å²) in [7, 11) is 3.35. The Hall–Kier alpha value is -1.57. The maximum absolute atomic E-state index is 12.5. The molecule has 0 atom stereocenters. The van der Waals surface area contributed by atoms with Crippen molar-refractivity contribution in [1.82, 2.24) is 9.80 Å². The molecule has 5 nitrogen and oxygen atoms in total. The number of amides is 1. The second kappa shape index (κ2) is 8.21. The minimum absolute atomic E-state index is 0.120. The van der Waals surface area contributed by atoms with Gasteiger partial charge in [0.15, 0.2) is 0 Å². The Bertz CT molecular complexity index is 742. The largest absolute Gasteiger partial charge is 0.497 e. The molecule has 0 saturated carbocycles. The van der Waals surface area contributed by atoms with Crippen LogP contribution < -0.4 is 9.47 Å². The first-order valence-corrected chi connectivity index (χ1v) is 9.69. The van der Waals surface area contributed by atoms with E-state index >= 15 is 0 Å². The van der Waals surface area contributed by atoms with Crippen molar-refractivity contribution >= 4 is 33.2 Å². The Labute approximate surface area is 160 Å². The first kappa shape index (κ1) is 18.2. The van der Waals surface area contributed by atoms with Gasteiger partial charge in [-0.05, 0) is 46.3 Å². The highest BCUT2D eigenvalue weighted by Crippen LogP contribution is 2.26. The van der Waals surface area contributed by atoms with Gasteiger partial charge in [0, 0.05) is 38.3 Å². The van der Waals surface area contributed by atoms with Gasteiger partial charge >= 0.3 is 0 Å². The average Bonchev–Trinajstić information content (AvgIpc) is 3.08. The zero-order valence-electron chi connectivity index (χ0n) is 14.3. The quantitative estimate of drug-likeness (QED) is 0.736. The van der Waals surface area contributed by atoms with Gasteiger partial charge in [-0.15, -0.1) is 11.3 Å². The number of carbonyl (C=O) groups is 1. The lowest BCUT2D eigenvalue weighted by Gasteiger charge is -2.34. The van der Waals surface area contributed by atoms with Crippen molar-refractivity contribution in [1.29, 1.82) is 0 Å². The Morgan fingerprint density at radius 3 is 2.48 bits per heavy atom. The second-order valence-corrected chi connectivity index (χ2v) is 8.31. The summed E-state index contributed by atoms with van der Waals surface area (Å²) < 4.78 is 11.8. The molecule has 1 aliphatic rings. The zero-order valence-corrected chi connectivity index (χ0v) is 16.7. The Morgan fingerprint density at radius 2 is 1.88 bits per heavy atom. The van der Waals surface area contributed by atoms with Crippen LogP contribution in [0.4, 0.5) is 0 Å². The fraction of sp³-hybridized carbons (Fsp3) is 0.389. The van der Waals surface area contributed by atoms with Gasteiger partial charge in [0.2, 0.25) is 0 Å². The highest BCUT2D eigenvalue weighted by Gasteiger charge is 2.23. The van der Waals surface area contributed by atoms with Gasteiger partial charge in [-0.2, -0.15) is 0 Å². The van der Waals surface area contributed by atoms with Gasteiger partial charge in [-0.3, -0.25) is 9.69 Å². The number of ether oxygens (including phenoxy) is 2. The summed E-state index contributed by atoms with van der Waals surface area (Å²) in [6.07, 6.45) is 0. The van der Waals surface area contributed by atoms with E-state index in [0.29, 0.717) is 0 Å². The van der Waals surface area contributed by atoms with Crippen molar-refractivity contribution in [3.05, 3.63) is 44.6 Å². The topological polar surface area (TPSA) is 42.0 Å². The number of hydrogen-bond donors (Lipinski definition) is 0. The van der Waals surface area contributed by atoms with E-state index in [1.165, 1.54) is 11.3 Å². The molecule has 2 aromatic rings. The number of thiophene rings is 1. The van der Waals surface area contributed by atoms with Crippen LogP contribution >= 0.6 is 27.3 Å². The van der Waals surface area contributed by atoms with Gasteiger partial charge in [-0.1, -0.05) is 0 Å². The predicted octanol–water partition coefficient (Wildman–Crippen LogP) is 3.49. The molecule has 1 fully saturated rings. The molecule has 7 heteroatoms. The summed E-state index contributed by atoms with van der Waals surface area (Å²) in [5, 5.41) is 0. The van der Waals surface area contributed by atoms with E-state index in [4.69, 9.17) is 9.47 Å². The molecule has 134 valence electrons. The molecule has 1 aromatic carbocycles. The van der Waals surface area contributed by atoms with Crippen LogP contribution in [0.25, 0.3) is 0 Å². The molecule has 3 rings (SSSR count). The summed E-state index contributed by atoms with van der Waals surface area (Å²) in [6, 6.07) is 9.65. The van der Waals surface area contributed by atoms with Crippen LogP contribution in [-0.4, -0.2) is 56.1 Å². The van der Waals surface area contributed by atoms with E-state index in [1.807, 2.05) is 35.2 Å². The second-order valence-electron chi connectivity index (χ2n) is 5.85. The maximum Gasteiger partial charge on any atom is 0.264 e. The number of halogens is 1. The van der Waals surface area contributed by atoms with E-state index in [1.54, 1.807) is 14.2 Å². The first-order valence-electron chi connectivity index (χ1n) is 8.08. The van der Waals surface area contributed by atoms with Gasteiger partial charge < -0.3 is 14.4 Å². The molecular weight excluding hydrogens is 404 g/mol. The molecule has 0 aliphatic carbocycles. The molecule has 1 amide bonds. The van der Waals surface area contributed by atoms with Crippen LogP contribution in [0.1, 0.15) is 15.2 Å². The number of benzene rings is 1. The monoisotopic (exact) mass is 424 g/mol. The summed E-state index contributed by atoms with van der Waals surface area (Å²) in [5.74, 6) is 1.81. The first-order chi connectivity index (χ1) is 12.1.